The van der Waals surface area contributed by atoms with Crippen molar-refractivity contribution in [3.63, 3.8) is 0 Å². The second kappa shape index (κ2) is 10.3. The van der Waals surface area contributed by atoms with Gasteiger partial charge in [-0.1, -0.05) is 46.9 Å². The Morgan fingerprint density at radius 3 is 2.31 bits per heavy atom. The maximum absolute atomic E-state index is 11.7. The Bertz CT molecular complexity index is 766. The van der Waals surface area contributed by atoms with Gasteiger partial charge in [-0.2, -0.15) is 0 Å². The lowest BCUT2D eigenvalue weighted by molar-refractivity contribution is -0.150. The highest BCUT2D eigenvalue weighted by Gasteiger charge is 2.10. The van der Waals surface area contributed by atoms with E-state index in [-0.39, 0.29) is 18.2 Å². The highest BCUT2D eigenvalue weighted by Crippen LogP contribution is 2.27. The first-order chi connectivity index (χ1) is 12.4. The molecule has 0 saturated carbocycles. The highest BCUT2D eigenvalue weighted by atomic mass is 35.5. The topological polar surface area (TPSA) is 64.6 Å². The van der Waals surface area contributed by atoms with Crippen LogP contribution in [0.4, 0.5) is 0 Å². The van der Waals surface area contributed by atoms with Gasteiger partial charge in [-0.05, 0) is 42.3 Å². The van der Waals surface area contributed by atoms with Crippen molar-refractivity contribution < 1.29 is 19.1 Å². The van der Waals surface area contributed by atoms with Crippen LogP contribution in [0.1, 0.15) is 5.56 Å². The van der Waals surface area contributed by atoms with Gasteiger partial charge in [0.1, 0.15) is 5.75 Å². The number of esters is 1. The van der Waals surface area contributed by atoms with Gasteiger partial charge in [0.25, 0.3) is 5.91 Å². The second-order valence-corrected chi connectivity index (χ2v) is 6.53. The van der Waals surface area contributed by atoms with E-state index in [0.717, 1.165) is 5.56 Å². The van der Waals surface area contributed by atoms with E-state index in [1.165, 1.54) is 6.07 Å². The monoisotopic (exact) mass is 415 g/mol. The van der Waals surface area contributed by atoms with Crippen LogP contribution >= 0.6 is 34.8 Å². The number of benzene rings is 2. The molecule has 0 aromatic heterocycles. The van der Waals surface area contributed by atoms with Gasteiger partial charge in [-0.25, -0.2) is 4.79 Å². The van der Waals surface area contributed by atoms with Gasteiger partial charge in [0, 0.05) is 16.6 Å². The van der Waals surface area contributed by atoms with Crippen LogP contribution < -0.4 is 10.1 Å². The van der Waals surface area contributed by atoms with Gasteiger partial charge in [0.15, 0.2) is 13.2 Å². The molecule has 0 radical (unpaired) electrons. The molecule has 0 aliphatic heterocycles. The predicted octanol–water partition coefficient (Wildman–Crippen LogP) is 3.93. The fourth-order valence-corrected chi connectivity index (χ4v) is 2.55. The lowest BCUT2D eigenvalue weighted by Crippen LogP contribution is -2.31. The summed E-state index contributed by atoms with van der Waals surface area (Å²) in [5.41, 5.74) is 1.04. The summed E-state index contributed by atoms with van der Waals surface area (Å²) in [5.74, 6) is -0.763. The molecule has 1 amide bonds. The summed E-state index contributed by atoms with van der Waals surface area (Å²) in [7, 11) is 0. The third-order valence-electron chi connectivity index (χ3n) is 3.25. The SMILES string of the molecule is O=C(COC(=O)COc1ccc(Cl)cc1Cl)NCCc1ccc(Cl)cc1. The van der Waals surface area contributed by atoms with Crippen LogP contribution in [0.25, 0.3) is 0 Å². The molecule has 1 N–H and O–H groups in total. The minimum absolute atomic E-state index is 0.283. The summed E-state index contributed by atoms with van der Waals surface area (Å²) < 4.78 is 10.1. The van der Waals surface area contributed by atoms with Crippen LogP contribution in [0.15, 0.2) is 42.5 Å². The van der Waals surface area contributed by atoms with Crippen molar-refractivity contribution in [3.8, 4) is 5.75 Å². The Morgan fingerprint density at radius 1 is 0.923 bits per heavy atom. The molecule has 2 rings (SSSR count). The Morgan fingerprint density at radius 2 is 1.62 bits per heavy atom. The quantitative estimate of drug-likeness (QED) is 0.662. The second-order valence-electron chi connectivity index (χ2n) is 5.25. The summed E-state index contributed by atoms with van der Waals surface area (Å²) in [6.45, 7) is -0.314. The molecule has 0 aliphatic rings. The lowest BCUT2D eigenvalue weighted by Gasteiger charge is -2.09. The van der Waals surface area contributed by atoms with E-state index in [4.69, 9.17) is 44.3 Å². The molecule has 0 saturated heterocycles. The molecule has 0 unspecified atom stereocenters. The van der Waals surface area contributed by atoms with Crippen LogP contribution in [0.3, 0.4) is 0 Å². The summed E-state index contributed by atoms with van der Waals surface area (Å²) in [5, 5.41) is 4.06. The van der Waals surface area contributed by atoms with Crippen LogP contribution in [0, 0.1) is 0 Å². The van der Waals surface area contributed by atoms with Crippen molar-refractivity contribution in [1.29, 1.82) is 0 Å². The van der Waals surface area contributed by atoms with E-state index in [2.05, 4.69) is 5.32 Å². The standard InChI is InChI=1S/C18H16Cl3NO4/c19-13-3-1-12(2-4-13)7-8-22-17(23)10-26-18(24)11-25-16-6-5-14(20)9-15(16)21/h1-6,9H,7-8,10-11H2,(H,22,23). The average Bonchev–Trinajstić information content (AvgIpc) is 2.61. The number of halogens is 3. The van der Waals surface area contributed by atoms with E-state index in [9.17, 15) is 9.59 Å². The van der Waals surface area contributed by atoms with Crippen molar-refractivity contribution in [2.75, 3.05) is 19.8 Å². The van der Waals surface area contributed by atoms with Gasteiger partial charge >= 0.3 is 5.97 Å². The molecule has 2 aromatic carbocycles. The van der Waals surface area contributed by atoms with Crippen molar-refractivity contribution in [2.24, 2.45) is 0 Å². The van der Waals surface area contributed by atoms with Gasteiger partial charge in [-0.15, -0.1) is 0 Å². The van der Waals surface area contributed by atoms with Crippen LogP contribution in [-0.4, -0.2) is 31.6 Å². The molecule has 26 heavy (non-hydrogen) atoms. The fourth-order valence-electron chi connectivity index (χ4n) is 1.97. The zero-order valence-electron chi connectivity index (χ0n) is 13.6. The first kappa shape index (κ1) is 20.4. The zero-order valence-corrected chi connectivity index (χ0v) is 15.9. The molecule has 5 nitrogen and oxygen atoms in total. The van der Waals surface area contributed by atoms with Crippen LogP contribution in [-0.2, 0) is 20.7 Å². The highest BCUT2D eigenvalue weighted by molar-refractivity contribution is 6.35. The number of carbonyl (C=O) groups excluding carboxylic acids is 2. The van der Waals surface area contributed by atoms with E-state index in [0.29, 0.717) is 28.8 Å². The molecular formula is C18H16Cl3NO4. The maximum atomic E-state index is 11.7. The van der Waals surface area contributed by atoms with Crippen molar-refractivity contribution in [1.82, 2.24) is 5.32 Å². The molecule has 0 atom stereocenters. The first-order valence-electron chi connectivity index (χ1n) is 7.68. The summed E-state index contributed by atoms with van der Waals surface area (Å²) in [4.78, 5) is 23.3. The molecule has 0 spiro atoms. The van der Waals surface area contributed by atoms with Gasteiger partial charge in [0.05, 0.1) is 5.02 Å². The van der Waals surface area contributed by atoms with Gasteiger partial charge < -0.3 is 14.8 Å². The minimum atomic E-state index is -0.677. The third-order valence-corrected chi connectivity index (χ3v) is 4.04. The summed E-state index contributed by atoms with van der Waals surface area (Å²) in [6.07, 6.45) is 0.648. The number of carbonyl (C=O) groups is 2. The molecule has 138 valence electrons. The molecule has 8 heteroatoms. The number of ether oxygens (including phenoxy) is 2. The molecular weight excluding hydrogens is 401 g/mol. The normalized spacial score (nSPS) is 10.3. The molecule has 0 bridgehead atoms. The zero-order chi connectivity index (χ0) is 18.9. The van der Waals surface area contributed by atoms with Crippen molar-refractivity contribution in [2.45, 2.75) is 6.42 Å². The van der Waals surface area contributed by atoms with Crippen LogP contribution in [0.5, 0.6) is 5.75 Å². The minimum Gasteiger partial charge on any atom is -0.480 e. The Labute approximate surface area is 166 Å². The average molecular weight is 417 g/mol. The van der Waals surface area contributed by atoms with Gasteiger partial charge in [-0.3, -0.25) is 4.79 Å². The van der Waals surface area contributed by atoms with Crippen molar-refractivity contribution in [3.05, 3.63) is 63.1 Å². The smallest absolute Gasteiger partial charge is 0.344 e. The van der Waals surface area contributed by atoms with E-state index in [1.54, 1.807) is 24.3 Å². The Hall–Kier alpha value is -1.95. The van der Waals surface area contributed by atoms with E-state index < -0.39 is 11.9 Å². The number of hydrogen-bond donors (Lipinski definition) is 1. The van der Waals surface area contributed by atoms with E-state index >= 15 is 0 Å². The first-order valence-corrected chi connectivity index (χ1v) is 8.82. The lowest BCUT2D eigenvalue weighted by atomic mass is 10.1. The fraction of sp³-hybridized carbons (Fsp3) is 0.222. The largest absolute Gasteiger partial charge is 0.480 e. The number of amides is 1. The molecule has 0 heterocycles. The number of nitrogens with one attached hydrogen (secondary N) is 1. The Kier molecular flexibility index (Phi) is 8.04. The summed E-state index contributed by atoms with van der Waals surface area (Å²) >= 11 is 17.5. The third kappa shape index (κ3) is 7.12. The van der Waals surface area contributed by atoms with Gasteiger partial charge in [0.2, 0.25) is 0 Å². The molecule has 0 aliphatic carbocycles. The number of hydrogen-bond acceptors (Lipinski definition) is 4. The number of rotatable bonds is 8. The van der Waals surface area contributed by atoms with Crippen LogP contribution in [0.2, 0.25) is 15.1 Å². The van der Waals surface area contributed by atoms with Crippen molar-refractivity contribution >= 4 is 46.7 Å². The predicted molar refractivity (Wildman–Crippen MR) is 101 cm³/mol. The molecule has 2 aromatic rings. The maximum Gasteiger partial charge on any atom is 0.344 e. The summed E-state index contributed by atoms with van der Waals surface area (Å²) in [6, 6.07) is 12.0. The Balaban J connectivity index is 1.63. The van der Waals surface area contributed by atoms with E-state index in [1.807, 2.05) is 12.1 Å². The molecule has 0 fully saturated rings.